The zero-order valence-corrected chi connectivity index (χ0v) is 21.9. The molecule has 4 rings (SSSR count). The molecule has 3 aromatic rings. The summed E-state index contributed by atoms with van der Waals surface area (Å²) in [4.78, 5) is 27.9. The molecule has 3 atom stereocenters. The molecule has 3 unspecified atom stereocenters. The molecule has 200 valence electrons. The number of methoxy groups -OCH3 is 1. The minimum Gasteiger partial charge on any atom is -0.755 e. The van der Waals surface area contributed by atoms with Crippen LogP contribution in [0.15, 0.2) is 60.7 Å². The molecule has 1 heterocycles. The largest absolute Gasteiger partial charge is 0.755 e. The third-order valence-electron chi connectivity index (χ3n) is 6.57. The van der Waals surface area contributed by atoms with E-state index in [1.54, 1.807) is 62.6 Å². The molecule has 0 aliphatic carbocycles. The van der Waals surface area contributed by atoms with Crippen LogP contribution in [-0.4, -0.2) is 63.7 Å². The summed E-state index contributed by atoms with van der Waals surface area (Å²) in [5, 5.41) is 9.21. The van der Waals surface area contributed by atoms with Gasteiger partial charge in [-0.05, 0) is 53.9 Å². The SMILES string of the molecule is CCOC(=O)C(Cc1ccc(C(=N)N)cc1)N1CCC(N(c2ccc3ccc(OC)cc3c2)S(=O)[O-])C1=O. The number of nitrogens with two attached hydrogens (primary N) is 1. The molecule has 11 heteroatoms. The van der Waals surface area contributed by atoms with Gasteiger partial charge in [-0.15, -0.1) is 0 Å². The molecular weight excluding hydrogens is 508 g/mol. The number of carbonyl (C=O) groups excluding carboxylic acids is 2. The molecule has 38 heavy (non-hydrogen) atoms. The predicted molar refractivity (Wildman–Crippen MR) is 144 cm³/mol. The van der Waals surface area contributed by atoms with Crippen molar-refractivity contribution in [2.75, 3.05) is 24.6 Å². The number of hydrogen-bond acceptors (Lipinski definition) is 7. The zero-order valence-electron chi connectivity index (χ0n) is 21.1. The molecule has 3 aromatic carbocycles. The maximum atomic E-state index is 13.6. The molecule has 0 saturated carbocycles. The number of amidine groups is 1. The maximum Gasteiger partial charge on any atom is 0.329 e. The van der Waals surface area contributed by atoms with Gasteiger partial charge in [0.05, 0.1) is 13.7 Å². The van der Waals surface area contributed by atoms with Gasteiger partial charge in [0.2, 0.25) is 5.91 Å². The highest BCUT2D eigenvalue weighted by Gasteiger charge is 2.43. The first-order valence-electron chi connectivity index (χ1n) is 12.1. The highest BCUT2D eigenvalue weighted by molar-refractivity contribution is 7.80. The fourth-order valence-electron chi connectivity index (χ4n) is 4.66. The van der Waals surface area contributed by atoms with E-state index in [4.69, 9.17) is 20.6 Å². The van der Waals surface area contributed by atoms with Crippen LogP contribution >= 0.6 is 0 Å². The van der Waals surface area contributed by atoms with Crippen LogP contribution in [0.5, 0.6) is 5.75 Å². The maximum absolute atomic E-state index is 13.6. The van der Waals surface area contributed by atoms with Crippen LogP contribution in [0.1, 0.15) is 24.5 Å². The number of rotatable bonds is 10. The number of nitrogens with one attached hydrogen (secondary N) is 1. The Bertz CT molecular complexity index is 1380. The fourth-order valence-corrected chi connectivity index (χ4v) is 5.35. The van der Waals surface area contributed by atoms with Crippen molar-refractivity contribution in [1.82, 2.24) is 4.90 Å². The van der Waals surface area contributed by atoms with E-state index >= 15 is 0 Å². The first-order valence-corrected chi connectivity index (χ1v) is 13.1. The van der Waals surface area contributed by atoms with Crippen molar-refractivity contribution in [2.24, 2.45) is 5.73 Å². The van der Waals surface area contributed by atoms with Crippen molar-refractivity contribution < 1.29 is 27.8 Å². The Morgan fingerprint density at radius 3 is 2.53 bits per heavy atom. The molecule has 10 nitrogen and oxygen atoms in total. The summed E-state index contributed by atoms with van der Waals surface area (Å²) in [6.45, 7) is 2.01. The highest BCUT2D eigenvalue weighted by atomic mass is 32.2. The number of carbonyl (C=O) groups is 2. The van der Waals surface area contributed by atoms with Crippen LogP contribution in [0.3, 0.4) is 0 Å². The first kappa shape index (κ1) is 27.1. The minimum atomic E-state index is -2.75. The Balaban J connectivity index is 1.62. The van der Waals surface area contributed by atoms with Gasteiger partial charge in [-0.1, -0.05) is 36.4 Å². The minimum absolute atomic E-state index is 0.0751. The lowest BCUT2D eigenvalue weighted by Crippen LogP contribution is -2.49. The van der Waals surface area contributed by atoms with Gasteiger partial charge in [0.25, 0.3) is 0 Å². The predicted octanol–water partition coefficient (Wildman–Crippen LogP) is 2.51. The molecule has 0 bridgehead atoms. The molecule has 3 N–H and O–H groups in total. The monoisotopic (exact) mass is 537 g/mol. The van der Waals surface area contributed by atoms with E-state index in [9.17, 15) is 18.4 Å². The van der Waals surface area contributed by atoms with Crippen LogP contribution < -0.4 is 14.8 Å². The summed E-state index contributed by atoms with van der Waals surface area (Å²) in [6, 6.07) is 15.5. The molecule has 1 fully saturated rings. The molecule has 1 aliphatic heterocycles. The van der Waals surface area contributed by atoms with E-state index in [1.807, 2.05) is 12.1 Å². The van der Waals surface area contributed by atoms with Gasteiger partial charge in [-0.3, -0.25) is 18.7 Å². The number of ether oxygens (including phenoxy) is 2. The van der Waals surface area contributed by atoms with Gasteiger partial charge in [-0.25, -0.2) is 4.79 Å². The standard InChI is InChI=1S/C27H30N4O6S/c1-3-37-27(33)24(14-17-4-6-19(7-5-17)25(28)29)30-13-12-23(26(30)32)31(38(34)35)21-10-8-18-9-11-22(36-2)16-20(18)15-21/h4-11,15-16,23-24H,3,12-14H2,1-2H3,(H3,28,29)(H,34,35)/p-1. The number of nitrogens with zero attached hydrogens (tertiary/aromatic N) is 2. The molecule has 1 aliphatic rings. The Kier molecular flexibility index (Phi) is 8.28. The molecule has 0 spiro atoms. The van der Waals surface area contributed by atoms with Crippen molar-refractivity contribution in [3.05, 3.63) is 71.8 Å². The molecule has 0 aromatic heterocycles. The number of hydrogen-bond donors (Lipinski definition) is 2. The second kappa shape index (κ2) is 11.6. The Morgan fingerprint density at radius 2 is 1.89 bits per heavy atom. The van der Waals surface area contributed by atoms with Crippen LogP contribution in [-0.2, 0) is 32.0 Å². The zero-order chi connectivity index (χ0) is 27.4. The van der Waals surface area contributed by atoms with Crippen molar-refractivity contribution in [3.8, 4) is 5.75 Å². The second-order valence-corrected chi connectivity index (χ2v) is 9.69. The lowest BCUT2D eigenvalue weighted by atomic mass is 10.0. The number of likely N-dealkylation sites (tertiary alicyclic amines) is 1. The van der Waals surface area contributed by atoms with Crippen LogP contribution in [0.4, 0.5) is 5.69 Å². The molecular formula is C27H29N4O6S-. The van der Waals surface area contributed by atoms with E-state index in [0.29, 0.717) is 17.0 Å². The van der Waals surface area contributed by atoms with Gasteiger partial charge < -0.3 is 24.7 Å². The average molecular weight is 538 g/mol. The number of anilines is 1. The third kappa shape index (κ3) is 5.63. The van der Waals surface area contributed by atoms with Gasteiger partial charge in [0.1, 0.15) is 23.7 Å². The van der Waals surface area contributed by atoms with Crippen LogP contribution in [0.25, 0.3) is 10.8 Å². The number of fused-ring (bicyclic) bond motifs is 1. The number of benzene rings is 3. The van der Waals surface area contributed by atoms with Crippen molar-refractivity contribution in [1.29, 1.82) is 5.41 Å². The van der Waals surface area contributed by atoms with Crippen LogP contribution in [0, 0.1) is 5.41 Å². The third-order valence-corrected chi connectivity index (χ3v) is 7.36. The number of amides is 1. The van der Waals surface area contributed by atoms with E-state index in [1.165, 1.54) is 4.90 Å². The highest BCUT2D eigenvalue weighted by Crippen LogP contribution is 2.31. The molecule has 0 radical (unpaired) electrons. The lowest BCUT2D eigenvalue weighted by molar-refractivity contribution is -0.153. The van der Waals surface area contributed by atoms with Gasteiger partial charge >= 0.3 is 5.97 Å². The summed E-state index contributed by atoms with van der Waals surface area (Å²) in [7, 11) is 1.55. The van der Waals surface area contributed by atoms with Crippen molar-refractivity contribution >= 4 is 45.4 Å². The lowest BCUT2D eigenvalue weighted by Gasteiger charge is -2.32. The van der Waals surface area contributed by atoms with E-state index in [2.05, 4.69) is 0 Å². The molecule has 1 saturated heterocycles. The van der Waals surface area contributed by atoms with Crippen molar-refractivity contribution in [2.45, 2.75) is 31.8 Å². The Morgan fingerprint density at radius 1 is 1.18 bits per heavy atom. The summed E-state index contributed by atoms with van der Waals surface area (Å²) in [5.74, 6) is -0.488. The van der Waals surface area contributed by atoms with Crippen LogP contribution in [0.2, 0.25) is 0 Å². The Labute approximate surface area is 223 Å². The second-order valence-electron chi connectivity index (χ2n) is 8.86. The van der Waals surface area contributed by atoms with Gasteiger partial charge in [0, 0.05) is 35.5 Å². The summed E-state index contributed by atoms with van der Waals surface area (Å²) >= 11 is -2.75. The quantitative estimate of drug-likeness (QED) is 0.175. The Hall–Kier alpha value is -3.96. The van der Waals surface area contributed by atoms with E-state index in [0.717, 1.165) is 20.6 Å². The number of nitrogen functional groups attached to an aromatic ring is 1. The summed E-state index contributed by atoms with van der Waals surface area (Å²) in [6.07, 6.45) is 0.383. The smallest absolute Gasteiger partial charge is 0.329 e. The summed E-state index contributed by atoms with van der Waals surface area (Å²) < 4.78 is 36.4. The van der Waals surface area contributed by atoms with E-state index in [-0.39, 0.29) is 31.8 Å². The normalized spacial score (nSPS) is 16.8. The van der Waals surface area contributed by atoms with Crippen molar-refractivity contribution in [3.63, 3.8) is 0 Å². The molecule has 1 amide bonds. The van der Waals surface area contributed by atoms with Gasteiger partial charge in [0.15, 0.2) is 0 Å². The fraction of sp³-hybridized carbons (Fsp3) is 0.296. The first-order chi connectivity index (χ1) is 18.2. The van der Waals surface area contributed by atoms with E-state index < -0.39 is 35.2 Å². The topological polar surface area (TPSA) is 149 Å². The summed E-state index contributed by atoms with van der Waals surface area (Å²) in [5.41, 5.74) is 7.16. The van der Waals surface area contributed by atoms with Gasteiger partial charge in [-0.2, -0.15) is 0 Å². The average Bonchev–Trinajstić information content (AvgIpc) is 3.27. The number of esters is 1.